The van der Waals surface area contributed by atoms with Crippen LogP contribution in [0.3, 0.4) is 0 Å². The van der Waals surface area contributed by atoms with Crippen LogP contribution in [0.4, 0.5) is 0 Å². The molecular formula is C14H23BrN2O2. The Labute approximate surface area is 123 Å². The summed E-state index contributed by atoms with van der Waals surface area (Å²) in [6.45, 7) is 7.05. The van der Waals surface area contributed by atoms with Crippen molar-refractivity contribution in [1.82, 2.24) is 9.78 Å². The van der Waals surface area contributed by atoms with Gasteiger partial charge in [-0.1, -0.05) is 6.92 Å². The molecule has 19 heavy (non-hydrogen) atoms. The van der Waals surface area contributed by atoms with E-state index in [0.717, 1.165) is 41.7 Å². The van der Waals surface area contributed by atoms with Crippen molar-refractivity contribution >= 4 is 15.9 Å². The van der Waals surface area contributed by atoms with Gasteiger partial charge in [-0.2, -0.15) is 5.10 Å². The molecule has 4 nitrogen and oxygen atoms in total. The summed E-state index contributed by atoms with van der Waals surface area (Å²) in [6, 6.07) is 0. The second kappa shape index (κ2) is 6.37. The van der Waals surface area contributed by atoms with Crippen LogP contribution in [0.2, 0.25) is 0 Å². The average Bonchev–Trinajstić information content (AvgIpc) is 2.95. The van der Waals surface area contributed by atoms with Crippen molar-refractivity contribution in [2.24, 2.45) is 0 Å². The quantitative estimate of drug-likeness (QED) is 0.902. The van der Waals surface area contributed by atoms with E-state index >= 15 is 0 Å². The number of nitrogens with zero attached hydrogens (tertiary/aromatic N) is 2. The first-order valence-electron chi connectivity index (χ1n) is 7.14. The molecule has 0 spiro atoms. The summed E-state index contributed by atoms with van der Waals surface area (Å²) in [7, 11) is 0. The lowest BCUT2D eigenvalue weighted by Gasteiger charge is -2.19. The highest BCUT2D eigenvalue weighted by molar-refractivity contribution is 9.10. The number of halogens is 1. The number of aromatic nitrogens is 2. The van der Waals surface area contributed by atoms with Gasteiger partial charge >= 0.3 is 0 Å². The molecule has 0 aliphatic carbocycles. The van der Waals surface area contributed by atoms with Crippen molar-refractivity contribution in [3.63, 3.8) is 0 Å². The molecule has 1 N–H and O–H groups in total. The first-order chi connectivity index (χ1) is 9.06. The van der Waals surface area contributed by atoms with Gasteiger partial charge in [0.2, 0.25) is 0 Å². The van der Waals surface area contributed by atoms with E-state index in [1.807, 2.05) is 4.68 Å². The normalized spacial score (nSPS) is 24.9. The molecule has 0 saturated carbocycles. The van der Waals surface area contributed by atoms with Crippen molar-refractivity contribution in [3.05, 3.63) is 15.9 Å². The van der Waals surface area contributed by atoms with Crippen LogP contribution in [-0.4, -0.2) is 33.2 Å². The molecule has 1 fully saturated rings. The zero-order valence-electron chi connectivity index (χ0n) is 11.9. The summed E-state index contributed by atoms with van der Waals surface area (Å²) in [5.41, 5.74) is 2.14. The molecule has 1 aliphatic heterocycles. The van der Waals surface area contributed by atoms with E-state index in [1.54, 1.807) is 0 Å². The predicted molar refractivity (Wildman–Crippen MR) is 78.3 cm³/mol. The predicted octanol–water partition coefficient (Wildman–Crippen LogP) is 2.70. The van der Waals surface area contributed by atoms with Crippen LogP contribution in [0.15, 0.2) is 4.47 Å². The first kappa shape index (κ1) is 15.0. The third-order valence-corrected chi connectivity index (χ3v) is 4.71. The van der Waals surface area contributed by atoms with Gasteiger partial charge in [0.1, 0.15) is 0 Å². The summed E-state index contributed by atoms with van der Waals surface area (Å²) in [5, 5.41) is 14.9. The van der Waals surface area contributed by atoms with E-state index in [4.69, 9.17) is 4.74 Å². The fourth-order valence-electron chi connectivity index (χ4n) is 2.66. The summed E-state index contributed by atoms with van der Waals surface area (Å²) < 4.78 is 8.77. The first-order valence-corrected chi connectivity index (χ1v) is 7.93. The second-order valence-corrected chi connectivity index (χ2v) is 6.00. The fourth-order valence-corrected chi connectivity index (χ4v) is 3.38. The topological polar surface area (TPSA) is 47.3 Å². The van der Waals surface area contributed by atoms with Gasteiger partial charge in [-0.3, -0.25) is 4.68 Å². The van der Waals surface area contributed by atoms with E-state index in [1.165, 1.54) is 0 Å². The van der Waals surface area contributed by atoms with Gasteiger partial charge in [-0.05, 0) is 49.0 Å². The lowest BCUT2D eigenvalue weighted by Crippen LogP contribution is -2.29. The van der Waals surface area contributed by atoms with Gasteiger partial charge in [0.15, 0.2) is 0 Å². The molecular weight excluding hydrogens is 308 g/mol. The van der Waals surface area contributed by atoms with Gasteiger partial charge in [0.25, 0.3) is 0 Å². The highest BCUT2D eigenvalue weighted by atomic mass is 79.9. The number of aliphatic hydroxyl groups excluding tert-OH is 1. The molecule has 2 rings (SSSR count). The van der Waals surface area contributed by atoms with Gasteiger partial charge in [-0.15, -0.1) is 0 Å². The Morgan fingerprint density at radius 1 is 1.47 bits per heavy atom. The molecule has 108 valence electrons. The molecule has 1 aromatic rings. The van der Waals surface area contributed by atoms with Crippen LogP contribution < -0.4 is 0 Å². The molecule has 1 aliphatic rings. The number of ether oxygens (including phenoxy) is 1. The maximum Gasteiger partial charge on any atom is 0.0857 e. The minimum Gasteiger partial charge on any atom is -0.390 e. The van der Waals surface area contributed by atoms with Crippen LogP contribution in [0, 0.1) is 0 Å². The maximum atomic E-state index is 10.4. The van der Waals surface area contributed by atoms with Crippen LogP contribution in [0.1, 0.15) is 45.0 Å². The van der Waals surface area contributed by atoms with Crippen molar-refractivity contribution in [3.8, 4) is 0 Å². The van der Waals surface area contributed by atoms with Crippen molar-refractivity contribution in [2.75, 3.05) is 0 Å². The summed E-state index contributed by atoms with van der Waals surface area (Å²) >= 11 is 3.62. The summed E-state index contributed by atoms with van der Waals surface area (Å²) in [4.78, 5) is 0. The molecule has 0 aromatic carbocycles. The van der Waals surface area contributed by atoms with E-state index < -0.39 is 6.10 Å². The van der Waals surface area contributed by atoms with Gasteiger partial charge < -0.3 is 9.84 Å². The zero-order valence-corrected chi connectivity index (χ0v) is 13.5. The summed E-state index contributed by atoms with van der Waals surface area (Å²) in [6.07, 6.45) is 3.26. The lowest BCUT2D eigenvalue weighted by molar-refractivity contribution is -0.0285. The highest BCUT2D eigenvalue weighted by Gasteiger charge is 2.30. The average molecular weight is 331 g/mol. The van der Waals surface area contributed by atoms with Gasteiger partial charge in [-0.25, -0.2) is 0 Å². The third-order valence-electron chi connectivity index (χ3n) is 3.79. The Balaban J connectivity index is 2.11. The Hall–Kier alpha value is -0.390. The van der Waals surface area contributed by atoms with Crippen molar-refractivity contribution in [1.29, 1.82) is 0 Å². The SMILES string of the molecule is CCc1nn(CC)c(CC(O)C2CCC(C)O2)c1Br. The van der Waals surface area contributed by atoms with Gasteiger partial charge in [0.05, 0.1) is 34.2 Å². The number of hydrogen-bond donors (Lipinski definition) is 1. The third kappa shape index (κ3) is 3.20. The molecule has 0 amide bonds. The molecule has 1 saturated heterocycles. The van der Waals surface area contributed by atoms with Crippen LogP contribution in [-0.2, 0) is 24.1 Å². The standard InChI is InChI=1S/C14H23BrN2O2/c1-4-10-14(15)11(17(5-2)16-10)8-12(18)13-7-6-9(3)19-13/h9,12-13,18H,4-8H2,1-3H3. The van der Waals surface area contributed by atoms with Crippen LogP contribution >= 0.6 is 15.9 Å². The number of hydrogen-bond acceptors (Lipinski definition) is 3. The van der Waals surface area contributed by atoms with E-state index in [-0.39, 0.29) is 12.2 Å². The van der Waals surface area contributed by atoms with Crippen molar-refractivity contribution < 1.29 is 9.84 Å². The Morgan fingerprint density at radius 2 is 2.21 bits per heavy atom. The fraction of sp³-hybridized carbons (Fsp3) is 0.786. The maximum absolute atomic E-state index is 10.4. The highest BCUT2D eigenvalue weighted by Crippen LogP contribution is 2.27. The largest absolute Gasteiger partial charge is 0.390 e. The Kier molecular flexibility index (Phi) is 5.03. The zero-order chi connectivity index (χ0) is 14.0. The molecule has 3 unspecified atom stereocenters. The summed E-state index contributed by atoms with van der Waals surface area (Å²) in [5.74, 6) is 0. The second-order valence-electron chi connectivity index (χ2n) is 5.21. The van der Waals surface area contributed by atoms with Crippen LogP contribution in [0.25, 0.3) is 0 Å². The lowest BCUT2D eigenvalue weighted by atomic mass is 10.0. The molecule has 0 radical (unpaired) electrons. The number of aliphatic hydroxyl groups is 1. The van der Waals surface area contributed by atoms with E-state index in [2.05, 4.69) is 41.8 Å². The molecule has 0 bridgehead atoms. The Morgan fingerprint density at radius 3 is 2.74 bits per heavy atom. The number of aryl methyl sites for hydroxylation is 2. The smallest absolute Gasteiger partial charge is 0.0857 e. The van der Waals surface area contributed by atoms with E-state index in [0.29, 0.717) is 6.42 Å². The van der Waals surface area contributed by atoms with E-state index in [9.17, 15) is 5.11 Å². The molecule has 5 heteroatoms. The Bertz CT molecular complexity index is 433. The van der Waals surface area contributed by atoms with Crippen molar-refractivity contribution in [2.45, 2.75) is 71.3 Å². The van der Waals surface area contributed by atoms with Crippen LogP contribution in [0.5, 0.6) is 0 Å². The minimum atomic E-state index is -0.451. The molecule has 2 heterocycles. The van der Waals surface area contributed by atoms with Gasteiger partial charge in [0, 0.05) is 13.0 Å². The number of rotatable bonds is 5. The minimum absolute atomic E-state index is 0.0350. The monoisotopic (exact) mass is 330 g/mol. The molecule has 3 atom stereocenters. The molecule has 1 aromatic heterocycles.